The lowest BCUT2D eigenvalue weighted by atomic mass is 10.0. The van der Waals surface area contributed by atoms with Crippen molar-refractivity contribution < 1.29 is 9.21 Å². The Balaban J connectivity index is 1.42. The smallest absolute Gasteiger partial charge is 0.323 e. The minimum Gasteiger partial charge on any atom is -0.451 e. The number of furan rings is 1. The molecule has 2 aromatic heterocycles. The summed E-state index contributed by atoms with van der Waals surface area (Å²) in [5, 5.41) is 4.57. The number of benzene rings is 2. The van der Waals surface area contributed by atoms with Gasteiger partial charge in [-0.25, -0.2) is 4.79 Å². The number of H-pyrrole nitrogens is 2. The van der Waals surface area contributed by atoms with Gasteiger partial charge in [-0.1, -0.05) is 37.5 Å². The predicted octanol–water partition coefficient (Wildman–Crippen LogP) is 5.42. The summed E-state index contributed by atoms with van der Waals surface area (Å²) in [6.45, 7) is 0. The first kappa shape index (κ1) is 19.1. The molecular weight excluding hydrogens is 398 g/mol. The van der Waals surface area contributed by atoms with E-state index in [1.807, 2.05) is 36.0 Å². The van der Waals surface area contributed by atoms with Crippen molar-refractivity contribution in [2.24, 2.45) is 0 Å². The molecule has 2 heterocycles. The maximum Gasteiger partial charge on any atom is 0.323 e. The lowest BCUT2D eigenvalue weighted by Crippen LogP contribution is -2.13. The number of thioether (sulfide) groups is 1. The molecule has 0 spiro atoms. The number of anilines is 1. The van der Waals surface area contributed by atoms with Crippen LogP contribution in [0.15, 0.2) is 51.7 Å². The third kappa shape index (κ3) is 3.77. The van der Waals surface area contributed by atoms with Crippen molar-refractivity contribution in [1.29, 1.82) is 0 Å². The molecule has 2 aromatic carbocycles. The average molecular weight is 422 g/mol. The minimum absolute atomic E-state index is 0.271. The number of carbonyl (C=O) groups excluding carboxylic acids is 1. The lowest BCUT2D eigenvalue weighted by Gasteiger charge is -2.20. The molecule has 4 aromatic rings. The molecule has 0 bridgehead atoms. The van der Waals surface area contributed by atoms with Crippen LogP contribution < -0.4 is 11.0 Å². The van der Waals surface area contributed by atoms with Crippen molar-refractivity contribution in [3.63, 3.8) is 0 Å². The molecule has 6 nitrogen and oxygen atoms in total. The van der Waals surface area contributed by atoms with Crippen LogP contribution in [0.4, 0.5) is 5.69 Å². The van der Waals surface area contributed by atoms with Gasteiger partial charge in [0.25, 0.3) is 5.91 Å². The Kier molecular flexibility index (Phi) is 5.12. The van der Waals surface area contributed by atoms with Crippen LogP contribution in [0.3, 0.4) is 0 Å². The number of aromatic nitrogens is 2. The van der Waals surface area contributed by atoms with Gasteiger partial charge >= 0.3 is 5.69 Å². The molecule has 1 aliphatic carbocycles. The zero-order valence-electron chi connectivity index (χ0n) is 16.5. The minimum atomic E-state index is -0.275. The van der Waals surface area contributed by atoms with Gasteiger partial charge in [0, 0.05) is 27.6 Å². The molecule has 5 rings (SSSR count). The Bertz CT molecular complexity index is 1260. The van der Waals surface area contributed by atoms with Crippen LogP contribution in [0.25, 0.3) is 22.0 Å². The Labute approximate surface area is 177 Å². The quantitative estimate of drug-likeness (QED) is 0.401. The Morgan fingerprint density at radius 2 is 1.87 bits per heavy atom. The highest BCUT2D eigenvalue weighted by Gasteiger charge is 2.22. The van der Waals surface area contributed by atoms with E-state index in [-0.39, 0.29) is 11.6 Å². The summed E-state index contributed by atoms with van der Waals surface area (Å²) in [7, 11) is 0. The summed E-state index contributed by atoms with van der Waals surface area (Å²) >= 11 is 1.93. The van der Waals surface area contributed by atoms with E-state index in [1.54, 1.807) is 18.2 Å². The first-order valence-corrected chi connectivity index (χ1v) is 11.4. The number of nitrogens with one attached hydrogen (secondary N) is 3. The van der Waals surface area contributed by atoms with Crippen LogP contribution >= 0.6 is 11.8 Å². The fourth-order valence-corrected chi connectivity index (χ4v) is 5.51. The van der Waals surface area contributed by atoms with E-state index in [0.29, 0.717) is 27.7 Å². The molecule has 0 atom stereocenters. The fraction of sp³-hybridized carbons (Fsp3) is 0.304. The number of hydrogen-bond acceptors (Lipinski definition) is 4. The molecule has 1 amide bonds. The number of amides is 1. The Morgan fingerprint density at radius 3 is 2.73 bits per heavy atom. The highest BCUT2D eigenvalue weighted by Crippen LogP contribution is 2.35. The van der Waals surface area contributed by atoms with Crippen LogP contribution in [-0.4, -0.2) is 21.1 Å². The Morgan fingerprint density at radius 1 is 1.07 bits per heavy atom. The Hall–Kier alpha value is -2.93. The second kappa shape index (κ2) is 8.07. The first-order chi connectivity index (χ1) is 14.7. The van der Waals surface area contributed by atoms with Crippen LogP contribution in [0.2, 0.25) is 0 Å². The summed E-state index contributed by atoms with van der Waals surface area (Å²) in [6.07, 6.45) is 6.41. The summed E-state index contributed by atoms with van der Waals surface area (Å²) < 4.78 is 5.98. The van der Waals surface area contributed by atoms with E-state index < -0.39 is 0 Å². The third-order valence-corrected chi connectivity index (χ3v) is 7.09. The zero-order valence-corrected chi connectivity index (χ0v) is 17.3. The first-order valence-electron chi connectivity index (χ1n) is 10.3. The van der Waals surface area contributed by atoms with Gasteiger partial charge in [0.05, 0.1) is 11.0 Å². The van der Waals surface area contributed by atoms with E-state index in [1.165, 1.54) is 32.1 Å². The molecular formula is C23H23N3O3S. The van der Waals surface area contributed by atoms with Crippen molar-refractivity contribution in [3.8, 4) is 0 Å². The SMILES string of the molecule is O=C(Nc1ccc2[nH]c(=O)[nH]c2c1)c1oc2ccccc2c1CSC1CCCCC1. The van der Waals surface area contributed by atoms with Crippen LogP contribution in [0, 0.1) is 0 Å². The molecule has 0 radical (unpaired) electrons. The molecule has 0 saturated heterocycles. The van der Waals surface area contributed by atoms with Gasteiger partial charge in [0.2, 0.25) is 0 Å². The maximum absolute atomic E-state index is 13.1. The topological polar surface area (TPSA) is 90.9 Å². The normalized spacial score (nSPS) is 15.1. The zero-order chi connectivity index (χ0) is 20.5. The van der Waals surface area contributed by atoms with E-state index in [4.69, 9.17) is 4.42 Å². The largest absolute Gasteiger partial charge is 0.451 e. The van der Waals surface area contributed by atoms with E-state index >= 15 is 0 Å². The molecule has 0 unspecified atom stereocenters. The van der Waals surface area contributed by atoms with Gasteiger partial charge < -0.3 is 19.7 Å². The fourth-order valence-electron chi connectivity index (χ4n) is 4.16. The molecule has 154 valence electrons. The molecule has 3 N–H and O–H groups in total. The van der Waals surface area contributed by atoms with Crippen molar-refractivity contribution >= 4 is 45.4 Å². The van der Waals surface area contributed by atoms with Crippen molar-refractivity contribution in [1.82, 2.24) is 9.97 Å². The summed E-state index contributed by atoms with van der Waals surface area (Å²) in [6, 6.07) is 13.1. The number of carbonyl (C=O) groups is 1. The van der Waals surface area contributed by atoms with Gasteiger partial charge in [0.15, 0.2) is 5.76 Å². The molecule has 1 saturated carbocycles. The van der Waals surface area contributed by atoms with Gasteiger partial charge in [-0.05, 0) is 37.1 Å². The standard InChI is InChI=1S/C23H23N3O3S/c27-22(24-14-10-11-18-19(12-14)26-23(28)25-18)21-17(13-30-15-6-2-1-3-7-15)16-8-4-5-9-20(16)29-21/h4-5,8-12,15H,1-3,6-7,13H2,(H,24,27)(H2,25,26,28). The van der Waals surface area contributed by atoms with Crippen molar-refractivity contribution in [3.05, 3.63) is 64.3 Å². The number of imidazole rings is 1. The molecule has 1 aliphatic rings. The maximum atomic E-state index is 13.1. The monoisotopic (exact) mass is 421 g/mol. The van der Waals surface area contributed by atoms with Crippen LogP contribution in [-0.2, 0) is 5.75 Å². The second-order valence-corrected chi connectivity index (χ2v) is 9.06. The second-order valence-electron chi connectivity index (χ2n) is 7.77. The van der Waals surface area contributed by atoms with E-state index in [2.05, 4.69) is 15.3 Å². The van der Waals surface area contributed by atoms with Gasteiger partial charge in [-0.3, -0.25) is 4.79 Å². The van der Waals surface area contributed by atoms with Gasteiger partial charge in [0.1, 0.15) is 5.58 Å². The number of rotatable bonds is 5. The third-order valence-electron chi connectivity index (χ3n) is 5.69. The summed E-state index contributed by atoms with van der Waals surface area (Å²) in [5.41, 5.74) is 3.37. The number of aromatic amines is 2. The summed E-state index contributed by atoms with van der Waals surface area (Å²) in [4.78, 5) is 30.0. The van der Waals surface area contributed by atoms with Crippen LogP contribution in [0.1, 0.15) is 48.2 Å². The molecule has 30 heavy (non-hydrogen) atoms. The van der Waals surface area contributed by atoms with Gasteiger partial charge in [-0.2, -0.15) is 11.8 Å². The highest BCUT2D eigenvalue weighted by atomic mass is 32.2. The lowest BCUT2D eigenvalue weighted by molar-refractivity contribution is 0.0998. The highest BCUT2D eigenvalue weighted by molar-refractivity contribution is 7.99. The average Bonchev–Trinajstić information content (AvgIpc) is 3.32. The van der Waals surface area contributed by atoms with Gasteiger partial charge in [-0.15, -0.1) is 0 Å². The molecule has 0 aliphatic heterocycles. The number of para-hydroxylation sites is 1. The number of fused-ring (bicyclic) bond motifs is 2. The number of hydrogen-bond donors (Lipinski definition) is 3. The van der Waals surface area contributed by atoms with Crippen molar-refractivity contribution in [2.45, 2.75) is 43.1 Å². The van der Waals surface area contributed by atoms with E-state index in [0.717, 1.165) is 22.3 Å². The molecule has 7 heteroatoms. The van der Waals surface area contributed by atoms with E-state index in [9.17, 15) is 9.59 Å². The van der Waals surface area contributed by atoms with Crippen LogP contribution in [0.5, 0.6) is 0 Å². The summed E-state index contributed by atoms with van der Waals surface area (Å²) in [5.74, 6) is 0.846. The van der Waals surface area contributed by atoms with Crippen molar-refractivity contribution in [2.75, 3.05) is 5.32 Å². The predicted molar refractivity (Wildman–Crippen MR) is 121 cm³/mol. The molecule has 1 fully saturated rings.